The molecule has 2 aliphatic heterocycles. The molecule has 0 atom stereocenters. The maximum atomic E-state index is 16.1. The number of carbonyl (C=O) groups excluding carboxylic acids is 2. The lowest BCUT2D eigenvalue weighted by Crippen LogP contribution is -2.38. The van der Waals surface area contributed by atoms with E-state index in [0.29, 0.717) is 66.5 Å². The molecule has 2 amide bonds. The number of fused-ring (bicyclic) bond motifs is 1. The summed E-state index contributed by atoms with van der Waals surface area (Å²) in [5.41, 5.74) is 4.93. The lowest BCUT2D eigenvalue weighted by Gasteiger charge is -2.32. The van der Waals surface area contributed by atoms with Gasteiger partial charge in [-0.05, 0) is 67.0 Å². The van der Waals surface area contributed by atoms with E-state index >= 15 is 4.39 Å². The van der Waals surface area contributed by atoms with Crippen LogP contribution in [0.2, 0.25) is 0 Å². The summed E-state index contributed by atoms with van der Waals surface area (Å²) in [5.74, 6) is 0.819. The van der Waals surface area contributed by atoms with Crippen molar-refractivity contribution in [3.8, 4) is 17.0 Å². The Morgan fingerprint density at radius 2 is 1.81 bits per heavy atom. The number of methoxy groups -OCH3 is 1. The number of piperidine rings is 1. The Bertz CT molecular complexity index is 1620. The van der Waals surface area contributed by atoms with Gasteiger partial charge in [0, 0.05) is 62.8 Å². The third-order valence-corrected chi connectivity index (χ3v) is 8.50. The van der Waals surface area contributed by atoms with E-state index in [-0.39, 0.29) is 17.6 Å². The van der Waals surface area contributed by atoms with E-state index in [1.165, 1.54) is 4.90 Å². The van der Waals surface area contributed by atoms with Gasteiger partial charge >= 0.3 is 0 Å². The molecular formula is C32H35FN6O3. The first-order valence-electron chi connectivity index (χ1n) is 14.4. The zero-order valence-electron chi connectivity index (χ0n) is 24.2. The Morgan fingerprint density at radius 1 is 1.05 bits per heavy atom. The summed E-state index contributed by atoms with van der Waals surface area (Å²) in [6, 6.07) is 11.4. The molecule has 218 valence electrons. The second-order valence-electron chi connectivity index (χ2n) is 11.3. The number of anilines is 1. The number of likely N-dealkylation sites (tertiary alicyclic amines) is 1. The summed E-state index contributed by atoms with van der Waals surface area (Å²) in [6.45, 7) is 1.88. The third-order valence-electron chi connectivity index (χ3n) is 8.50. The topological polar surface area (TPSA) is 85.5 Å². The molecule has 9 nitrogen and oxygen atoms in total. The van der Waals surface area contributed by atoms with E-state index in [1.54, 1.807) is 44.3 Å². The molecule has 10 heteroatoms. The lowest BCUT2D eigenvalue weighted by atomic mass is 9.88. The summed E-state index contributed by atoms with van der Waals surface area (Å²) < 4.78 is 24.9. The molecule has 4 heterocycles. The number of nitrogens with zero attached hydrogens (tertiary/aromatic N) is 6. The monoisotopic (exact) mass is 570 g/mol. The number of ether oxygens (including phenoxy) is 1. The first-order valence-corrected chi connectivity index (χ1v) is 14.4. The van der Waals surface area contributed by atoms with E-state index in [4.69, 9.17) is 9.84 Å². The normalized spacial score (nSPS) is 15.7. The molecule has 0 aliphatic carbocycles. The summed E-state index contributed by atoms with van der Waals surface area (Å²) in [4.78, 5) is 28.6. The van der Waals surface area contributed by atoms with Crippen LogP contribution in [0.25, 0.3) is 11.3 Å². The molecule has 0 saturated carbocycles. The number of aryl methyl sites for hydroxylation is 1. The fraction of sp³-hybridized carbons (Fsp3) is 0.375. The number of halogens is 1. The zero-order valence-corrected chi connectivity index (χ0v) is 24.2. The number of amides is 2. The number of rotatable bonds is 7. The van der Waals surface area contributed by atoms with E-state index in [2.05, 4.69) is 5.10 Å². The molecular weight excluding hydrogens is 535 g/mol. The third kappa shape index (κ3) is 5.41. The van der Waals surface area contributed by atoms with Gasteiger partial charge in [0.15, 0.2) is 0 Å². The fourth-order valence-electron chi connectivity index (χ4n) is 6.08. The lowest BCUT2D eigenvalue weighted by molar-refractivity contribution is -0.118. The molecule has 0 unspecified atom stereocenters. The zero-order chi connectivity index (χ0) is 29.4. The van der Waals surface area contributed by atoms with Crippen molar-refractivity contribution in [1.29, 1.82) is 0 Å². The van der Waals surface area contributed by atoms with Gasteiger partial charge in [0.2, 0.25) is 5.91 Å². The molecule has 2 aromatic heterocycles. The minimum absolute atomic E-state index is 0.00698. The van der Waals surface area contributed by atoms with Crippen LogP contribution < -0.4 is 9.64 Å². The Hall–Kier alpha value is -4.47. The Labute approximate surface area is 244 Å². The molecule has 1 fully saturated rings. The van der Waals surface area contributed by atoms with Gasteiger partial charge in [-0.15, -0.1) is 0 Å². The van der Waals surface area contributed by atoms with Crippen molar-refractivity contribution in [2.45, 2.75) is 38.6 Å². The molecule has 2 aliphatic rings. The van der Waals surface area contributed by atoms with Gasteiger partial charge in [-0.2, -0.15) is 10.2 Å². The molecule has 0 bridgehead atoms. The number of aromatic nitrogens is 4. The highest BCUT2D eigenvalue weighted by atomic mass is 19.1. The van der Waals surface area contributed by atoms with Gasteiger partial charge in [-0.3, -0.25) is 19.0 Å². The predicted octanol–water partition coefficient (Wildman–Crippen LogP) is 4.48. The van der Waals surface area contributed by atoms with Gasteiger partial charge in [0.05, 0.1) is 31.1 Å². The molecule has 42 heavy (non-hydrogen) atoms. The minimum atomic E-state index is -0.306. The molecule has 1 saturated heterocycles. The van der Waals surface area contributed by atoms with Crippen LogP contribution in [0.1, 0.15) is 46.3 Å². The van der Waals surface area contributed by atoms with Crippen LogP contribution >= 0.6 is 0 Å². The number of carbonyl (C=O) groups is 2. The molecule has 6 rings (SSSR count). The smallest absolute Gasteiger partial charge is 0.257 e. The average Bonchev–Trinajstić information content (AvgIpc) is 3.61. The van der Waals surface area contributed by atoms with Crippen molar-refractivity contribution < 1.29 is 18.7 Å². The van der Waals surface area contributed by atoms with Crippen LogP contribution in [0.15, 0.2) is 55.0 Å². The van der Waals surface area contributed by atoms with Crippen LogP contribution in [-0.4, -0.2) is 63.5 Å². The fourth-order valence-corrected chi connectivity index (χ4v) is 6.08. The van der Waals surface area contributed by atoms with Crippen LogP contribution in [0, 0.1) is 11.7 Å². The van der Waals surface area contributed by atoms with Gasteiger partial charge in [-0.1, -0.05) is 12.1 Å². The minimum Gasteiger partial charge on any atom is -0.497 e. The maximum Gasteiger partial charge on any atom is 0.257 e. The van der Waals surface area contributed by atoms with Gasteiger partial charge in [-0.25, -0.2) is 4.39 Å². The Morgan fingerprint density at radius 3 is 2.50 bits per heavy atom. The quantitative estimate of drug-likeness (QED) is 0.327. The molecule has 0 spiro atoms. The highest BCUT2D eigenvalue weighted by Crippen LogP contribution is 2.37. The maximum absolute atomic E-state index is 16.1. The second kappa shape index (κ2) is 11.4. The SMILES string of the molecule is COc1ccc(Cn2cc(CC3CCN(C(=O)c4cnn(C)c4)CC3)c(-c3ccc4c(c3F)CCC(=O)N4C)n2)cc1. The van der Waals surface area contributed by atoms with Crippen LogP contribution in [0.5, 0.6) is 5.75 Å². The van der Waals surface area contributed by atoms with Crippen LogP contribution in [-0.2, 0) is 31.2 Å². The molecule has 2 aromatic carbocycles. The highest BCUT2D eigenvalue weighted by Gasteiger charge is 2.29. The Kier molecular flexibility index (Phi) is 7.53. The van der Waals surface area contributed by atoms with Crippen molar-refractivity contribution in [3.63, 3.8) is 0 Å². The molecule has 0 N–H and O–H groups in total. The summed E-state index contributed by atoms with van der Waals surface area (Å²) in [6.07, 6.45) is 8.51. The summed E-state index contributed by atoms with van der Waals surface area (Å²) >= 11 is 0. The standard InChI is InChI=1S/C32H35FN6O3/c1-36-19-24(17-34-36)32(41)38-14-12-21(13-15-38)16-23-20-39(18-22-4-6-25(42-3)7-5-22)35-31(23)27-8-10-28-26(30(27)33)9-11-29(40)37(28)2/h4-8,10,17,19-21H,9,11-16,18H2,1-3H3. The van der Waals surface area contributed by atoms with E-state index in [9.17, 15) is 9.59 Å². The van der Waals surface area contributed by atoms with Gasteiger partial charge in [0.25, 0.3) is 5.91 Å². The van der Waals surface area contributed by atoms with Gasteiger partial charge in [0.1, 0.15) is 11.6 Å². The van der Waals surface area contributed by atoms with Crippen LogP contribution in [0.4, 0.5) is 10.1 Å². The first kappa shape index (κ1) is 27.7. The summed E-state index contributed by atoms with van der Waals surface area (Å²) in [5, 5.41) is 9.03. The van der Waals surface area contributed by atoms with Crippen LogP contribution in [0.3, 0.4) is 0 Å². The van der Waals surface area contributed by atoms with Crippen molar-refractivity contribution >= 4 is 17.5 Å². The van der Waals surface area contributed by atoms with Crippen molar-refractivity contribution in [2.75, 3.05) is 32.1 Å². The van der Waals surface area contributed by atoms with Crippen molar-refractivity contribution in [2.24, 2.45) is 13.0 Å². The highest BCUT2D eigenvalue weighted by molar-refractivity contribution is 5.96. The molecule has 0 radical (unpaired) electrons. The average molecular weight is 571 g/mol. The first-order chi connectivity index (χ1) is 20.3. The Balaban J connectivity index is 1.26. The van der Waals surface area contributed by atoms with E-state index in [0.717, 1.165) is 36.1 Å². The van der Waals surface area contributed by atoms with Gasteiger partial charge < -0.3 is 14.5 Å². The number of hydrogen-bond acceptors (Lipinski definition) is 5. The largest absolute Gasteiger partial charge is 0.497 e. The summed E-state index contributed by atoms with van der Waals surface area (Å²) in [7, 11) is 5.14. The second-order valence-corrected chi connectivity index (χ2v) is 11.3. The van der Waals surface area contributed by atoms with E-state index < -0.39 is 0 Å². The van der Waals surface area contributed by atoms with E-state index in [1.807, 2.05) is 46.1 Å². The number of benzene rings is 2. The van der Waals surface area contributed by atoms with Crippen molar-refractivity contribution in [3.05, 3.63) is 83.1 Å². The van der Waals surface area contributed by atoms with Crippen molar-refractivity contribution in [1.82, 2.24) is 24.5 Å². The molecule has 4 aromatic rings. The predicted molar refractivity (Wildman–Crippen MR) is 157 cm³/mol. The number of hydrogen-bond donors (Lipinski definition) is 0.